The Morgan fingerprint density at radius 3 is 2.50 bits per heavy atom. The molecule has 142 valence electrons. The maximum absolute atomic E-state index is 12.7. The number of nitrogens with zero attached hydrogens (tertiary/aromatic N) is 4. The number of alkyl halides is 3. The Balaban J connectivity index is 1.86. The fourth-order valence-corrected chi connectivity index (χ4v) is 4.54. The van der Waals surface area contributed by atoms with E-state index in [0.29, 0.717) is 12.3 Å². The van der Waals surface area contributed by atoms with Crippen molar-refractivity contribution in [3.05, 3.63) is 42.0 Å². The van der Waals surface area contributed by atoms with Gasteiger partial charge in [0.05, 0.1) is 6.20 Å². The van der Waals surface area contributed by atoms with E-state index in [2.05, 4.69) is 10.1 Å². The zero-order valence-electron chi connectivity index (χ0n) is 13.8. The van der Waals surface area contributed by atoms with Gasteiger partial charge >= 0.3 is 6.18 Å². The van der Waals surface area contributed by atoms with Crippen LogP contribution in [0, 0.1) is 5.92 Å². The monoisotopic (exact) mass is 390 g/mol. The fourth-order valence-electron chi connectivity index (χ4n) is 3.07. The van der Waals surface area contributed by atoms with Crippen molar-refractivity contribution in [1.82, 2.24) is 19.1 Å². The van der Waals surface area contributed by atoms with Gasteiger partial charge in [0.25, 0.3) is 0 Å². The molecule has 1 N–H and O–H groups in total. The molecule has 1 aliphatic rings. The maximum Gasteiger partial charge on any atom is 0.433 e. The Labute approximate surface area is 148 Å². The van der Waals surface area contributed by atoms with Gasteiger partial charge in [0.15, 0.2) is 0 Å². The third kappa shape index (κ3) is 3.46. The second-order valence-electron chi connectivity index (χ2n) is 6.20. The molecule has 2 atom stereocenters. The molecule has 2 aromatic heterocycles. The number of aryl methyl sites for hydroxylation is 1. The second-order valence-corrected chi connectivity index (χ2v) is 8.13. The topological polar surface area (TPSA) is 88.3 Å². The number of hydrogen-bond acceptors (Lipinski definition) is 5. The average molecular weight is 390 g/mol. The van der Waals surface area contributed by atoms with Crippen molar-refractivity contribution in [2.45, 2.75) is 17.0 Å². The molecule has 7 nitrogen and oxygen atoms in total. The summed E-state index contributed by atoms with van der Waals surface area (Å²) >= 11 is 0. The van der Waals surface area contributed by atoms with Gasteiger partial charge in [-0.25, -0.2) is 8.42 Å². The summed E-state index contributed by atoms with van der Waals surface area (Å²) < 4.78 is 66.0. The Morgan fingerprint density at radius 1 is 1.27 bits per heavy atom. The number of hydrogen-bond donors (Lipinski definition) is 1. The molecule has 0 saturated carbocycles. The highest BCUT2D eigenvalue weighted by atomic mass is 32.2. The number of aromatic nitrogens is 3. The molecule has 0 bridgehead atoms. The summed E-state index contributed by atoms with van der Waals surface area (Å²) in [5.41, 5.74) is -0.353. The zero-order valence-corrected chi connectivity index (χ0v) is 14.6. The minimum atomic E-state index is -4.64. The summed E-state index contributed by atoms with van der Waals surface area (Å²) in [4.78, 5) is 2.90. The van der Waals surface area contributed by atoms with Crippen molar-refractivity contribution in [1.29, 1.82) is 0 Å². The first-order valence-electron chi connectivity index (χ1n) is 7.75. The summed E-state index contributed by atoms with van der Waals surface area (Å²) in [7, 11) is -2.28. The molecule has 0 radical (unpaired) electrons. The lowest BCUT2D eigenvalue weighted by atomic mass is 9.92. The summed E-state index contributed by atoms with van der Waals surface area (Å²) in [6.45, 7) is -0.0312. The molecule has 0 amide bonds. The van der Waals surface area contributed by atoms with Crippen molar-refractivity contribution in [3.63, 3.8) is 0 Å². The molecule has 0 aliphatic carbocycles. The van der Waals surface area contributed by atoms with Crippen LogP contribution in [0.1, 0.15) is 17.2 Å². The summed E-state index contributed by atoms with van der Waals surface area (Å²) in [5.74, 6) is -0.567. The quantitative estimate of drug-likeness (QED) is 0.848. The molecule has 0 aromatic carbocycles. The van der Waals surface area contributed by atoms with E-state index in [-0.39, 0.29) is 36.4 Å². The van der Waals surface area contributed by atoms with Crippen LogP contribution >= 0.6 is 0 Å². The van der Waals surface area contributed by atoms with Crippen LogP contribution in [-0.4, -0.2) is 52.3 Å². The lowest BCUT2D eigenvalue weighted by molar-refractivity contribution is -0.141. The predicted octanol–water partition coefficient (Wildman–Crippen LogP) is 1.23. The number of rotatable bonds is 4. The van der Waals surface area contributed by atoms with Crippen LogP contribution in [0.2, 0.25) is 0 Å². The van der Waals surface area contributed by atoms with Crippen LogP contribution in [0.15, 0.2) is 35.6 Å². The molecule has 0 unspecified atom stereocenters. The van der Waals surface area contributed by atoms with Gasteiger partial charge < -0.3 is 5.11 Å². The van der Waals surface area contributed by atoms with E-state index < -0.39 is 21.9 Å². The van der Waals surface area contributed by atoms with Crippen molar-refractivity contribution in [2.75, 3.05) is 19.7 Å². The van der Waals surface area contributed by atoms with Gasteiger partial charge in [-0.05, 0) is 17.7 Å². The number of pyridine rings is 1. The van der Waals surface area contributed by atoms with Gasteiger partial charge in [-0.2, -0.15) is 22.6 Å². The second kappa shape index (κ2) is 6.63. The summed E-state index contributed by atoms with van der Waals surface area (Å²) in [6.07, 6.45) is -0.556. The molecule has 1 fully saturated rings. The van der Waals surface area contributed by atoms with Crippen molar-refractivity contribution < 1.29 is 26.7 Å². The molecule has 26 heavy (non-hydrogen) atoms. The van der Waals surface area contributed by atoms with Gasteiger partial charge in [-0.15, -0.1) is 0 Å². The van der Waals surface area contributed by atoms with Gasteiger partial charge in [0.1, 0.15) is 10.6 Å². The van der Waals surface area contributed by atoms with Crippen molar-refractivity contribution in [3.8, 4) is 0 Å². The SMILES string of the molecule is Cn1cc([C@@H]2CN(S(=O)(=O)c3ccc(C(F)(F)F)nc3)C[C@H]2CO)cn1. The Hall–Kier alpha value is -1.98. The predicted molar refractivity (Wildman–Crippen MR) is 84.5 cm³/mol. The minimum absolute atomic E-state index is 0.0689. The van der Waals surface area contributed by atoms with Crippen LogP contribution in [-0.2, 0) is 23.2 Å². The first-order chi connectivity index (χ1) is 12.1. The number of aliphatic hydroxyl groups is 1. The van der Waals surface area contributed by atoms with Gasteiger partial charge in [-0.1, -0.05) is 0 Å². The first-order valence-corrected chi connectivity index (χ1v) is 9.19. The molecule has 3 rings (SSSR count). The van der Waals surface area contributed by atoms with Crippen molar-refractivity contribution in [2.24, 2.45) is 13.0 Å². The van der Waals surface area contributed by atoms with Crippen LogP contribution in [0.4, 0.5) is 13.2 Å². The normalized spacial score (nSPS) is 22.0. The zero-order chi connectivity index (χ0) is 19.1. The lowest BCUT2D eigenvalue weighted by Gasteiger charge is -2.16. The van der Waals surface area contributed by atoms with Crippen LogP contribution < -0.4 is 0 Å². The van der Waals surface area contributed by atoms with Crippen LogP contribution in [0.3, 0.4) is 0 Å². The lowest BCUT2D eigenvalue weighted by Crippen LogP contribution is -2.29. The summed E-state index contributed by atoms with van der Waals surface area (Å²) in [5, 5.41) is 13.7. The van der Waals surface area contributed by atoms with E-state index in [1.54, 1.807) is 24.1 Å². The smallest absolute Gasteiger partial charge is 0.396 e. The third-order valence-electron chi connectivity index (χ3n) is 4.46. The molecule has 1 aliphatic heterocycles. The maximum atomic E-state index is 12.7. The molecular weight excluding hydrogens is 373 g/mol. The molecule has 3 heterocycles. The van der Waals surface area contributed by atoms with E-state index in [1.165, 1.54) is 0 Å². The van der Waals surface area contributed by atoms with E-state index in [1.807, 2.05) is 0 Å². The van der Waals surface area contributed by atoms with E-state index in [9.17, 15) is 26.7 Å². The van der Waals surface area contributed by atoms with Crippen molar-refractivity contribution >= 4 is 10.0 Å². The first kappa shape index (κ1) is 18.8. The average Bonchev–Trinajstić information content (AvgIpc) is 3.20. The number of halogens is 3. The van der Waals surface area contributed by atoms with E-state index in [0.717, 1.165) is 15.9 Å². The van der Waals surface area contributed by atoms with Gasteiger partial charge in [-0.3, -0.25) is 9.67 Å². The van der Waals surface area contributed by atoms with E-state index in [4.69, 9.17) is 0 Å². The van der Waals surface area contributed by atoms with Crippen LogP contribution in [0.25, 0.3) is 0 Å². The van der Waals surface area contributed by atoms with E-state index >= 15 is 0 Å². The molecule has 2 aromatic rings. The fraction of sp³-hybridized carbons (Fsp3) is 0.467. The highest BCUT2D eigenvalue weighted by Crippen LogP contribution is 2.35. The van der Waals surface area contributed by atoms with Gasteiger partial charge in [0, 0.05) is 51.0 Å². The Morgan fingerprint density at radius 2 is 2.00 bits per heavy atom. The molecule has 11 heteroatoms. The highest BCUT2D eigenvalue weighted by molar-refractivity contribution is 7.89. The minimum Gasteiger partial charge on any atom is -0.396 e. The third-order valence-corrected chi connectivity index (χ3v) is 6.27. The number of sulfonamides is 1. The summed E-state index contributed by atoms with van der Waals surface area (Å²) in [6, 6.07) is 1.54. The largest absolute Gasteiger partial charge is 0.433 e. The standard InChI is InChI=1S/C15H17F3N4O3S/c1-21-6-10(4-20-21)13-8-22(7-11(13)9-23)26(24,25)12-2-3-14(19-5-12)15(16,17)18/h2-6,11,13,23H,7-9H2,1H3/t11-,13-/m0/s1. The molecule has 1 saturated heterocycles. The molecular formula is C15H17F3N4O3S. The Bertz CT molecular complexity index is 880. The van der Waals surface area contributed by atoms with Gasteiger partial charge in [0.2, 0.25) is 10.0 Å². The number of aliphatic hydroxyl groups excluding tert-OH is 1. The highest BCUT2D eigenvalue weighted by Gasteiger charge is 2.40. The van der Waals surface area contributed by atoms with Crippen LogP contribution in [0.5, 0.6) is 0 Å². The Kier molecular flexibility index (Phi) is 4.80. The molecule has 0 spiro atoms.